The van der Waals surface area contributed by atoms with E-state index >= 15 is 0 Å². The smallest absolute Gasteiger partial charge is 0.248 e. The molecule has 8 nitrogen and oxygen atoms in total. The molecule has 1 aliphatic rings. The second kappa shape index (κ2) is 8.20. The van der Waals surface area contributed by atoms with Crippen LogP contribution in [0.2, 0.25) is 10.0 Å². The van der Waals surface area contributed by atoms with Gasteiger partial charge in [-0.25, -0.2) is 4.98 Å². The van der Waals surface area contributed by atoms with E-state index in [9.17, 15) is 0 Å². The second-order valence-electron chi connectivity index (χ2n) is 8.54. The molecule has 3 aromatic carbocycles. The monoisotopic (exact) mass is 502 g/mol. The van der Waals surface area contributed by atoms with E-state index in [4.69, 9.17) is 28.9 Å². The number of anilines is 2. The molecule has 0 aliphatic carbocycles. The molecule has 0 radical (unpaired) electrons. The van der Waals surface area contributed by atoms with Gasteiger partial charge in [0.2, 0.25) is 5.95 Å². The molecule has 1 aliphatic heterocycles. The molecule has 0 amide bonds. The van der Waals surface area contributed by atoms with E-state index in [0.29, 0.717) is 16.0 Å². The molecule has 6 rings (SSSR count). The Balaban J connectivity index is 1.58. The summed E-state index contributed by atoms with van der Waals surface area (Å²) in [6.45, 7) is 0. The van der Waals surface area contributed by atoms with Gasteiger partial charge in [-0.2, -0.15) is 4.68 Å². The molecule has 5 aromatic rings. The first-order chi connectivity index (χ1) is 16.9. The Morgan fingerprint density at radius 3 is 2.51 bits per heavy atom. The topological polar surface area (TPSA) is 99.5 Å². The van der Waals surface area contributed by atoms with Crippen LogP contribution in [-0.2, 0) is 12.6 Å². The average Bonchev–Trinajstić information content (AvgIpc) is 3.51. The highest BCUT2D eigenvalue weighted by atomic mass is 35.5. The fourth-order valence-electron chi connectivity index (χ4n) is 4.76. The number of aryl methyl sites for hydroxylation is 1. The maximum atomic E-state index is 7.28. The highest BCUT2D eigenvalue weighted by Gasteiger charge is 2.37. The number of hydrogen-bond donors (Lipinski definition) is 2. The van der Waals surface area contributed by atoms with Gasteiger partial charge >= 0.3 is 0 Å². The standard InChI is InChI=1S/C25H20Cl2N8/c1-34-14-29-13-22(34)25(28,16-5-8-18(26)9-6-16)17-7-10-21-20(12-17)23(15-3-2-4-19(27)11-15)35-24(30-21)31-32-33-35/h2-14,23H,28H2,1H3,(H,30,31,33)/t23?,25-/m0/s1. The number of aromatic nitrogens is 6. The van der Waals surface area contributed by atoms with Crippen molar-refractivity contribution in [1.29, 1.82) is 0 Å². The first-order valence-corrected chi connectivity index (χ1v) is 11.7. The average molecular weight is 503 g/mol. The highest BCUT2D eigenvalue weighted by Crippen LogP contribution is 2.42. The lowest BCUT2D eigenvalue weighted by Crippen LogP contribution is -2.41. The summed E-state index contributed by atoms with van der Waals surface area (Å²) in [5.74, 6) is 0.554. The third kappa shape index (κ3) is 3.49. The molecule has 35 heavy (non-hydrogen) atoms. The maximum absolute atomic E-state index is 7.28. The molecular formula is C25H20Cl2N8. The number of tetrazole rings is 1. The van der Waals surface area contributed by atoms with E-state index in [1.165, 1.54) is 0 Å². The molecule has 3 heterocycles. The number of rotatable bonds is 4. The van der Waals surface area contributed by atoms with Gasteiger partial charge in [0, 0.05) is 28.3 Å². The van der Waals surface area contributed by atoms with Crippen molar-refractivity contribution in [1.82, 2.24) is 29.8 Å². The van der Waals surface area contributed by atoms with E-state index < -0.39 is 5.54 Å². The number of halogens is 2. The quantitative estimate of drug-likeness (QED) is 0.363. The number of fused-ring (bicyclic) bond motifs is 2. The molecule has 0 bridgehead atoms. The van der Waals surface area contributed by atoms with Gasteiger partial charge in [0.1, 0.15) is 11.6 Å². The number of nitrogens with zero attached hydrogens (tertiary/aromatic N) is 6. The Labute approximate surface area is 211 Å². The molecule has 2 aromatic heterocycles. The largest absolute Gasteiger partial charge is 0.336 e. The predicted molar refractivity (Wildman–Crippen MR) is 135 cm³/mol. The van der Waals surface area contributed by atoms with Crippen molar-refractivity contribution in [2.24, 2.45) is 12.8 Å². The lowest BCUT2D eigenvalue weighted by Gasteiger charge is -2.34. The van der Waals surface area contributed by atoms with E-state index in [-0.39, 0.29) is 6.04 Å². The minimum Gasteiger partial charge on any atom is -0.336 e. The Hall–Kier alpha value is -3.72. The minimum atomic E-state index is -0.995. The number of nitrogens with one attached hydrogen (secondary N) is 1. The van der Waals surface area contributed by atoms with Crippen molar-refractivity contribution < 1.29 is 0 Å². The summed E-state index contributed by atoms with van der Waals surface area (Å²) >= 11 is 12.6. The molecule has 0 saturated carbocycles. The fourth-order valence-corrected chi connectivity index (χ4v) is 5.08. The summed E-state index contributed by atoms with van der Waals surface area (Å²) in [4.78, 5) is 4.34. The van der Waals surface area contributed by atoms with E-state index in [2.05, 4.69) is 31.9 Å². The van der Waals surface area contributed by atoms with E-state index in [1.54, 1.807) is 17.2 Å². The number of hydrogen-bond acceptors (Lipinski definition) is 6. The molecule has 10 heteroatoms. The predicted octanol–water partition coefficient (Wildman–Crippen LogP) is 4.66. The van der Waals surface area contributed by atoms with Gasteiger partial charge in [0.25, 0.3) is 0 Å². The van der Waals surface area contributed by atoms with Crippen LogP contribution in [0.25, 0.3) is 0 Å². The Bertz CT molecular complexity index is 1540. The SMILES string of the molecule is Cn1cncc1[C@](N)(c1ccc(Cl)cc1)c1ccc2c(c1)C(c1cccc(Cl)c1)n1nnnc1N2. The van der Waals surface area contributed by atoms with Gasteiger partial charge in [-0.05, 0) is 63.5 Å². The first-order valence-electron chi connectivity index (χ1n) is 10.9. The molecule has 0 spiro atoms. The Morgan fingerprint density at radius 2 is 1.77 bits per heavy atom. The number of imidazole rings is 1. The van der Waals surface area contributed by atoms with Crippen LogP contribution in [-0.4, -0.2) is 29.8 Å². The fraction of sp³-hybridized carbons (Fsp3) is 0.120. The van der Waals surface area contributed by atoms with Crippen LogP contribution < -0.4 is 11.1 Å². The second-order valence-corrected chi connectivity index (χ2v) is 9.41. The van der Waals surface area contributed by atoms with Crippen LogP contribution in [0.1, 0.15) is 34.0 Å². The van der Waals surface area contributed by atoms with Crippen LogP contribution in [0.3, 0.4) is 0 Å². The van der Waals surface area contributed by atoms with Gasteiger partial charge in [-0.3, -0.25) is 0 Å². The van der Waals surface area contributed by atoms with Crippen molar-refractivity contribution in [2.75, 3.05) is 5.32 Å². The zero-order chi connectivity index (χ0) is 24.2. The van der Waals surface area contributed by atoms with Crippen molar-refractivity contribution in [3.8, 4) is 0 Å². The summed E-state index contributed by atoms with van der Waals surface area (Å²) in [5, 5.41) is 16.9. The zero-order valence-corrected chi connectivity index (χ0v) is 20.1. The molecule has 2 atom stereocenters. The van der Waals surface area contributed by atoms with Gasteiger partial charge in [-0.1, -0.05) is 58.6 Å². The highest BCUT2D eigenvalue weighted by molar-refractivity contribution is 6.30. The van der Waals surface area contributed by atoms with E-state index in [1.807, 2.05) is 72.3 Å². The zero-order valence-electron chi connectivity index (χ0n) is 18.6. The van der Waals surface area contributed by atoms with Crippen LogP contribution >= 0.6 is 23.2 Å². The summed E-state index contributed by atoms with van der Waals surface area (Å²) in [7, 11) is 1.93. The van der Waals surface area contributed by atoms with Gasteiger partial charge in [0.15, 0.2) is 0 Å². The molecule has 0 saturated heterocycles. The van der Waals surface area contributed by atoms with Gasteiger partial charge in [0.05, 0.1) is 18.2 Å². The van der Waals surface area contributed by atoms with Gasteiger partial charge < -0.3 is 15.6 Å². The first kappa shape index (κ1) is 21.8. The minimum absolute atomic E-state index is 0.295. The third-order valence-electron chi connectivity index (χ3n) is 6.47. The number of nitrogens with two attached hydrogens (primary N) is 1. The summed E-state index contributed by atoms with van der Waals surface area (Å²) in [6.07, 6.45) is 3.54. The normalized spacial score (nSPS) is 16.2. The Kier molecular flexibility index (Phi) is 5.10. The summed E-state index contributed by atoms with van der Waals surface area (Å²) in [5.41, 5.74) is 11.7. The lowest BCUT2D eigenvalue weighted by molar-refractivity contribution is 0.563. The van der Waals surface area contributed by atoms with Crippen molar-refractivity contribution in [3.05, 3.63) is 117 Å². The van der Waals surface area contributed by atoms with Crippen LogP contribution in [0.5, 0.6) is 0 Å². The van der Waals surface area contributed by atoms with Gasteiger partial charge in [-0.15, -0.1) is 0 Å². The lowest BCUT2D eigenvalue weighted by atomic mass is 9.79. The van der Waals surface area contributed by atoms with Crippen LogP contribution in [0.4, 0.5) is 11.6 Å². The van der Waals surface area contributed by atoms with E-state index in [0.717, 1.165) is 33.6 Å². The van der Waals surface area contributed by atoms with Crippen molar-refractivity contribution in [3.63, 3.8) is 0 Å². The molecular weight excluding hydrogens is 483 g/mol. The van der Waals surface area contributed by atoms with Crippen molar-refractivity contribution >= 4 is 34.8 Å². The summed E-state index contributed by atoms with van der Waals surface area (Å²) in [6, 6.07) is 21.1. The molecule has 1 unspecified atom stereocenters. The van der Waals surface area contributed by atoms with Crippen LogP contribution in [0, 0.1) is 0 Å². The maximum Gasteiger partial charge on any atom is 0.248 e. The number of benzene rings is 3. The van der Waals surface area contributed by atoms with Crippen molar-refractivity contribution in [2.45, 2.75) is 11.6 Å². The molecule has 3 N–H and O–H groups in total. The summed E-state index contributed by atoms with van der Waals surface area (Å²) < 4.78 is 3.68. The molecule has 0 fully saturated rings. The van der Waals surface area contributed by atoms with Crippen LogP contribution in [0.15, 0.2) is 79.3 Å². The Morgan fingerprint density at radius 1 is 0.971 bits per heavy atom. The molecule has 174 valence electrons. The third-order valence-corrected chi connectivity index (χ3v) is 6.96.